The van der Waals surface area contributed by atoms with Crippen molar-refractivity contribution in [2.24, 2.45) is 11.8 Å². The molecule has 4 unspecified atom stereocenters. The molecule has 4 atom stereocenters. The largest absolute Gasteiger partial charge is 0.438 e. The van der Waals surface area contributed by atoms with Crippen LogP contribution in [0, 0.1) is 11.8 Å². The number of rotatable bonds is 3. The molecule has 6 nitrogen and oxygen atoms in total. The van der Waals surface area contributed by atoms with Crippen LogP contribution in [-0.4, -0.2) is 23.3 Å². The van der Waals surface area contributed by atoms with E-state index in [-0.39, 0.29) is 0 Å². The molecule has 1 amide bonds. The molecule has 8 heteroatoms. The van der Waals surface area contributed by atoms with Crippen LogP contribution in [0.3, 0.4) is 0 Å². The second-order valence-electron chi connectivity index (χ2n) is 9.95. The van der Waals surface area contributed by atoms with Crippen molar-refractivity contribution in [2.45, 2.75) is 87.8 Å². The minimum Gasteiger partial charge on any atom is -0.438 e. The Morgan fingerprint density at radius 2 is 1.82 bits per heavy atom. The SMILES string of the molecule is C=CC1(OC(=O)Nc2cc(Cl)ccc2Cl)CCCC2(C1)OOC1(O2)C2CCCCCC1CC2. The molecule has 3 saturated carbocycles. The van der Waals surface area contributed by atoms with Gasteiger partial charge in [-0.1, -0.05) is 49.0 Å². The number of benzene rings is 1. The van der Waals surface area contributed by atoms with Crippen LogP contribution in [0.25, 0.3) is 0 Å². The van der Waals surface area contributed by atoms with Crippen molar-refractivity contribution in [2.75, 3.05) is 5.32 Å². The first-order valence-corrected chi connectivity index (χ1v) is 12.8. The maximum absolute atomic E-state index is 12.8. The smallest absolute Gasteiger partial charge is 0.412 e. The first-order chi connectivity index (χ1) is 15.9. The normalized spacial score (nSPS) is 38.1. The van der Waals surface area contributed by atoms with Crippen LogP contribution < -0.4 is 5.32 Å². The van der Waals surface area contributed by atoms with Gasteiger partial charge in [0.2, 0.25) is 11.6 Å². The van der Waals surface area contributed by atoms with Gasteiger partial charge in [0, 0.05) is 29.7 Å². The summed E-state index contributed by atoms with van der Waals surface area (Å²) in [5.74, 6) is -0.935. The van der Waals surface area contributed by atoms with E-state index in [0.717, 1.165) is 32.1 Å². The number of carbonyl (C=O) groups is 1. The Bertz CT molecular complexity index is 912. The Morgan fingerprint density at radius 1 is 1.06 bits per heavy atom. The molecule has 4 fully saturated rings. The molecule has 1 aromatic carbocycles. The van der Waals surface area contributed by atoms with Crippen molar-refractivity contribution in [1.82, 2.24) is 0 Å². The van der Waals surface area contributed by atoms with E-state index in [0.29, 0.717) is 46.8 Å². The summed E-state index contributed by atoms with van der Waals surface area (Å²) in [6.45, 7) is 3.97. The number of amides is 1. The zero-order valence-electron chi connectivity index (χ0n) is 18.7. The van der Waals surface area contributed by atoms with Gasteiger partial charge in [0.15, 0.2) is 0 Å². The van der Waals surface area contributed by atoms with Crippen molar-refractivity contribution in [3.8, 4) is 0 Å². The van der Waals surface area contributed by atoms with E-state index >= 15 is 0 Å². The zero-order chi connectivity index (χ0) is 23.1. The van der Waals surface area contributed by atoms with Crippen LogP contribution in [0.1, 0.15) is 70.6 Å². The molecular formula is C25H31Cl2NO5. The predicted octanol–water partition coefficient (Wildman–Crippen LogP) is 7.40. The molecule has 2 bridgehead atoms. The minimum atomic E-state index is -0.944. The van der Waals surface area contributed by atoms with Crippen molar-refractivity contribution in [3.63, 3.8) is 0 Å². The van der Waals surface area contributed by atoms with Crippen molar-refractivity contribution < 1.29 is 24.0 Å². The highest BCUT2D eigenvalue weighted by molar-refractivity contribution is 6.35. The summed E-state index contributed by atoms with van der Waals surface area (Å²) < 4.78 is 12.7. The lowest BCUT2D eigenvalue weighted by molar-refractivity contribution is -0.370. The number of ether oxygens (including phenoxy) is 2. The standard InChI is InChI=1S/C25H31Cl2NO5/c1-2-23(30-22(29)28-21-15-19(26)11-12-20(21)27)13-6-14-24(16-23)31-25(33-32-24)17-7-4-3-5-8-18(25)10-9-17/h2,11-12,15,17-18H,1,3-10,13-14,16H2,(H,28,29). The Balaban J connectivity index is 1.32. The van der Waals surface area contributed by atoms with Gasteiger partial charge >= 0.3 is 6.09 Å². The maximum Gasteiger partial charge on any atom is 0.412 e. The third-order valence-electron chi connectivity index (χ3n) is 7.84. The number of anilines is 1. The Labute approximate surface area is 204 Å². The van der Waals surface area contributed by atoms with Crippen LogP contribution in [0.5, 0.6) is 0 Å². The van der Waals surface area contributed by atoms with E-state index in [1.807, 2.05) is 0 Å². The van der Waals surface area contributed by atoms with E-state index in [1.54, 1.807) is 24.3 Å². The summed E-state index contributed by atoms with van der Waals surface area (Å²) in [7, 11) is 0. The van der Waals surface area contributed by atoms with Crippen LogP contribution in [0.4, 0.5) is 10.5 Å². The van der Waals surface area contributed by atoms with Gasteiger partial charge in [-0.3, -0.25) is 5.32 Å². The molecule has 1 heterocycles. The highest BCUT2D eigenvalue weighted by Crippen LogP contribution is 2.58. The summed E-state index contributed by atoms with van der Waals surface area (Å²) in [5, 5.41) is 3.54. The maximum atomic E-state index is 12.8. The molecule has 0 aromatic heterocycles. The molecular weight excluding hydrogens is 465 g/mol. The van der Waals surface area contributed by atoms with Crippen LogP contribution >= 0.6 is 23.2 Å². The monoisotopic (exact) mass is 495 g/mol. The first-order valence-electron chi connectivity index (χ1n) is 12.0. The van der Waals surface area contributed by atoms with Crippen LogP contribution in [0.15, 0.2) is 30.9 Å². The number of nitrogens with one attached hydrogen (secondary N) is 1. The van der Waals surface area contributed by atoms with Gasteiger partial charge in [0.05, 0.1) is 10.7 Å². The van der Waals surface area contributed by atoms with E-state index in [2.05, 4.69) is 11.9 Å². The molecule has 1 N–H and O–H groups in total. The number of hydrogen-bond acceptors (Lipinski definition) is 5. The van der Waals surface area contributed by atoms with E-state index in [1.165, 1.54) is 19.3 Å². The fourth-order valence-electron chi connectivity index (χ4n) is 6.22. The third-order valence-corrected chi connectivity index (χ3v) is 8.40. The molecule has 2 spiro atoms. The first kappa shape index (κ1) is 23.4. The molecule has 3 aliphatic carbocycles. The predicted molar refractivity (Wildman–Crippen MR) is 126 cm³/mol. The second kappa shape index (κ2) is 9.04. The highest BCUT2D eigenvalue weighted by Gasteiger charge is 2.65. The van der Waals surface area contributed by atoms with Gasteiger partial charge in [0.25, 0.3) is 0 Å². The summed E-state index contributed by atoms with van der Waals surface area (Å²) in [6, 6.07) is 4.86. The Hall–Kier alpha value is -1.31. The summed E-state index contributed by atoms with van der Waals surface area (Å²) in [6.07, 6.45) is 11.5. The van der Waals surface area contributed by atoms with Gasteiger partial charge in [-0.15, -0.1) is 0 Å². The highest BCUT2D eigenvalue weighted by atomic mass is 35.5. The average molecular weight is 496 g/mol. The van der Waals surface area contributed by atoms with Gasteiger partial charge in [-0.2, -0.15) is 9.78 Å². The summed E-state index contributed by atoms with van der Waals surface area (Å²) in [5.41, 5.74) is -0.552. The average Bonchev–Trinajstić information content (AvgIpc) is 3.34. The molecule has 33 heavy (non-hydrogen) atoms. The molecule has 180 valence electrons. The summed E-state index contributed by atoms with van der Waals surface area (Å²) in [4.78, 5) is 25.0. The fourth-order valence-corrected chi connectivity index (χ4v) is 6.56. The Morgan fingerprint density at radius 3 is 2.55 bits per heavy atom. The van der Waals surface area contributed by atoms with E-state index < -0.39 is 23.3 Å². The lowest BCUT2D eigenvalue weighted by atomic mass is 9.80. The third kappa shape index (κ3) is 4.41. The van der Waals surface area contributed by atoms with Crippen molar-refractivity contribution in [3.05, 3.63) is 40.9 Å². The van der Waals surface area contributed by atoms with Crippen LogP contribution in [-0.2, 0) is 19.2 Å². The number of hydrogen-bond donors (Lipinski definition) is 1. The van der Waals surface area contributed by atoms with Crippen LogP contribution in [0.2, 0.25) is 10.0 Å². The molecule has 1 aromatic rings. The fraction of sp³-hybridized carbons (Fsp3) is 0.640. The van der Waals surface area contributed by atoms with Gasteiger partial charge in [-0.05, 0) is 62.8 Å². The molecule has 1 saturated heterocycles. The number of carbonyl (C=O) groups excluding carboxylic acids is 1. The van der Waals surface area contributed by atoms with Gasteiger partial charge < -0.3 is 9.47 Å². The molecule has 5 rings (SSSR count). The van der Waals surface area contributed by atoms with Crippen molar-refractivity contribution >= 4 is 35.0 Å². The quantitative estimate of drug-likeness (QED) is 0.349. The summed E-state index contributed by atoms with van der Waals surface area (Å²) >= 11 is 12.2. The van der Waals surface area contributed by atoms with Crippen molar-refractivity contribution in [1.29, 1.82) is 0 Å². The minimum absolute atomic E-state index is 0.335. The Kier molecular flexibility index (Phi) is 6.42. The zero-order valence-corrected chi connectivity index (χ0v) is 20.3. The van der Waals surface area contributed by atoms with E-state index in [9.17, 15) is 4.79 Å². The topological polar surface area (TPSA) is 66.0 Å². The lowest BCUT2D eigenvalue weighted by Crippen LogP contribution is -2.51. The second-order valence-corrected chi connectivity index (χ2v) is 10.8. The van der Waals surface area contributed by atoms with E-state index in [4.69, 9.17) is 42.5 Å². The molecule has 0 radical (unpaired) electrons. The van der Waals surface area contributed by atoms with Gasteiger partial charge in [0.1, 0.15) is 5.60 Å². The molecule has 4 aliphatic rings. The lowest BCUT2D eigenvalue weighted by Gasteiger charge is -2.42. The number of halogens is 2. The molecule has 1 aliphatic heterocycles. The van der Waals surface area contributed by atoms with Gasteiger partial charge in [-0.25, -0.2) is 4.79 Å².